The summed E-state index contributed by atoms with van der Waals surface area (Å²) in [6.45, 7) is 3.53. The third-order valence-electron chi connectivity index (χ3n) is 4.14. The first kappa shape index (κ1) is 21.0. The summed E-state index contributed by atoms with van der Waals surface area (Å²) in [6, 6.07) is 8.49. The summed E-state index contributed by atoms with van der Waals surface area (Å²) in [4.78, 5) is 8.24. The number of benzene rings is 2. The Bertz CT molecular complexity index is 1230. The Morgan fingerprint density at radius 1 is 0.828 bits per heavy atom. The third kappa shape index (κ3) is 4.18. The minimum atomic E-state index is -0.477. The number of nitrogens with zero attached hydrogens (tertiary/aromatic N) is 2. The van der Waals surface area contributed by atoms with Gasteiger partial charge in [-0.05, 0) is 50.2 Å². The van der Waals surface area contributed by atoms with E-state index in [4.69, 9.17) is 27.9 Å². The molecule has 0 amide bonds. The fourth-order valence-electron chi connectivity index (χ4n) is 2.87. The fourth-order valence-corrected chi connectivity index (χ4v) is 3.55. The Morgan fingerprint density at radius 3 is 1.86 bits per heavy atom. The van der Waals surface area contributed by atoms with Crippen molar-refractivity contribution >= 4 is 45.0 Å². The highest BCUT2D eigenvalue weighted by Crippen LogP contribution is 2.32. The number of rotatable bonds is 1. The van der Waals surface area contributed by atoms with Gasteiger partial charge in [-0.1, -0.05) is 23.2 Å². The first-order valence-corrected chi connectivity index (χ1v) is 9.22. The monoisotopic (exact) mass is 436 g/mol. The molecule has 2 aromatic heterocycles. The van der Waals surface area contributed by atoms with Gasteiger partial charge >= 0.3 is 0 Å². The average molecular weight is 437 g/mol. The number of ether oxygens (including phenoxy) is 1. The Kier molecular flexibility index (Phi) is 6.05. The average Bonchev–Trinajstić information content (AvgIpc) is 2.64. The molecule has 4 aromatic rings. The Hall–Kier alpha value is -2.70. The number of hydrogen-bond acceptors (Lipinski definition) is 4. The van der Waals surface area contributed by atoms with Crippen LogP contribution in [0.2, 0.25) is 10.0 Å². The van der Waals surface area contributed by atoms with Crippen LogP contribution < -0.4 is 4.74 Å². The molecule has 150 valence electrons. The van der Waals surface area contributed by atoms with Crippen LogP contribution in [0.4, 0.5) is 8.78 Å². The molecular weight excluding hydrogens is 421 g/mol. The number of phenolic OH excluding ortho intramolecular Hbond substituents is 1. The second-order valence-corrected chi connectivity index (χ2v) is 7.07. The number of aromatic nitrogens is 2. The van der Waals surface area contributed by atoms with Gasteiger partial charge in [0.15, 0.2) is 0 Å². The molecule has 0 radical (unpaired) electrons. The van der Waals surface area contributed by atoms with E-state index in [1.54, 1.807) is 32.0 Å². The number of aryl methyl sites for hydroxylation is 2. The predicted molar refractivity (Wildman–Crippen MR) is 111 cm³/mol. The molecule has 2 aromatic carbocycles. The van der Waals surface area contributed by atoms with E-state index in [0.29, 0.717) is 27.4 Å². The summed E-state index contributed by atoms with van der Waals surface area (Å²) in [5.74, 6) is -0.400. The summed E-state index contributed by atoms with van der Waals surface area (Å²) in [7, 11) is 1.52. The molecule has 0 fully saturated rings. The molecule has 0 unspecified atom stereocenters. The number of pyridine rings is 2. The number of methoxy groups -OCH3 is 1. The fraction of sp³-hybridized carbons (Fsp3) is 0.143. The van der Waals surface area contributed by atoms with Gasteiger partial charge in [-0.25, -0.2) is 18.7 Å². The minimum Gasteiger partial charge on any atom is -0.506 e. The molecule has 29 heavy (non-hydrogen) atoms. The highest BCUT2D eigenvalue weighted by Gasteiger charge is 2.12. The van der Waals surface area contributed by atoms with Gasteiger partial charge in [-0.3, -0.25) is 0 Å². The van der Waals surface area contributed by atoms with Crippen molar-refractivity contribution in [2.75, 3.05) is 7.11 Å². The molecule has 0 aliphatic rings. The molecule has 2 heterocycles. The van der Waals surface area contributed by atoms with Crippen LogP contribution in [0.15, 0.2) is 36.4 Å². The van der Waals surface area contributed by atoms with Crippen molar-refractivity contribution in [2.24, 2.45) is 0 Å². The highest BCUT2D eigenvalue weighted by atomic mass is 35.5. The standard InChI is InChI=1S/C11H9ClFNO.C10H7ClFNO/c1-6-5-7(12)10-8(13)3-4-9(15-2)11(10)14-6;1-5-4-6(11)9-7(12)2-3-8(14)10(9)13-5/h3-5H,1-2H3;2-4,14H,1H3. The van der Waals surface area contributed by atoms with Gasteiger partial charge in [0.1, 0.15) is 34.2 Å². The summed E-state index contributed by atoms with van der Waals surface area (Å²) < 4.78 is 31.9. The van der Waals surface area contributed by atoms with E-state index in [1.165, 1.54) is 25.3 Å². The first-order valence-electron chi connectivity index (χ1n) is 8.46. The molecule has 0 aliphatic carbocycles. The largest absolute Gasteiger partial charge is 0.506 e. The van der Waals surface area contributed by atoms with E-state index in [-0.39, 0.29) is 27.5 Å². The molecule has 0 spiro atoms. The van der Waals surface area contributed by atoms with Crippen LogP contribution in [-0.2, 0) is 0 Å². The summed E-state index contributed by atoms with van der Waals surface area (Å²) >= 11 is 11.8. The smallest absolute Gasteiger partial charge is 0.145 e. The van der Waals surface area contributed by atoms with Crippen LogP contribution in [0.25, 0.3) is 21.8 Å². The lowest BCUT2D eigenvalue weighted by molar-refractivity contribution is 0.418. The molecule has 4 rings (SSSR count). The van der Waals surface area contributed by atoms with Gasteiger partial charge in [-0.15, -0.1) is 0 Å². The second-order valence-electron chi connectivity index (χ2n) is 6.25. The molecular formula is C21H16Cl2F2N2O2. The van der Waals surface area contributed by atoms with Crippen molar-refractivity contribution in [2.45, 2.75) is 13.8 Å². The maximum absolute atomic E-state index is 13.5. The number of aromatic hydroxyl groups is 1. The molecule has 0 bridgehead atoms. The number of phenols is 1. The van der Waals surface area contributed by atoms with Gasteiger partial charge < -0.3 is 9.84 Å². The van der Waals surface area contributed by atoms with Crippen molar-refractivity contribution in [1.82, 2.24) is 9.97 Å². The zero-order valence-corrected chi connectivity index (χ0v) is 17.2. The lowest BCUT2D eigenvalue weighted by atomic mass is 10.2. The summed E-state index contributed by atoms with van der Waals surface area (Å²) in [6.07, 6.45) is 0. The van der Waals surface area contributed by atoms with Gasteiger partial charge in [-0.2, -0.15) is 0 Å². The van der Waals surface area contributed by atoms with E-state index in [9.17, 15) is 13.9 Å². The topological polar surface area (TPSA) is 55.2 Å². The van der Waals surface area contributed by atoms with Gasteiger partial charge in [0.25, 0.3) is 0 Å². The Labute approximate surface area is 175 Å². The molecule has 4 nitrogen and oxygen atoms in total. The van der Waals surface area contributed by atoms with Crippen LogP contribution in [0.5, 0.6) is 11.5 Å². The lowest BCUT2D eigenvalue weighted by Crippen LogP contribution is -1.92. The summed E-state index contributed by atoms with van der Waals surface area (Å²) in [5.41, 5.74) is 2.04. The van der Waals surface area contributed by atoms with Crippen LogP contribution >= 0.6 is 23.2 Å². The van der Waals surface area contributed by atoms with E-state index >= 15 is 0 Å². The minimum absolute atomic E-state index is 0.0630. The van der Waals surface area contributed by atoms with Crippen molar-refractivity contribution in [1.29, 1.82) is 0 Å². The normalized spacial score (nSPS) is 10.7. The maximum atomic E-state index is 13.5. The van der Waals surface area contributed by atoms with Crippen LogP contribution in [0, 0.1) is 25.5 Å². The SMILES string of the molecule is COc1ccc(F)c2c(Cl)cc(C)nc12.Cc1cc(Cl)c2c(F)ccc(O)c2n1. The van der Waals surface area contributed by atoms with Gasteiger partial charge in [0, 0.05) is 11.4 Å². The van der Waals surface area contributed by atoms with Gasteiger partial charge in [0.2, 0.25) is 0 Å². The number of fused-ring (bicyclic) bond motifs is 2. The van der Waals surface area contributed by atoms with Gasteiger partial charge in [0.05, 0.1) is 27.9 Å². The quantitative estimate of drug-likeness (QED) is 0.375. The van der Waals surface area contributed by atoms with Crippen LogP contribution in [0.1, 0.15) is 11.4 Å². The Morgan fingerprint density at radius 2 is 1.31 bits per heavy atom. The Balaban J connectivity index is 0.000000166. The molecule has 0 saturated carbocycles. The zero-order chi connectivity index (χ0) is 21.3. The van der Waals surface area contributed by atoms with Crippen molar-refractivity contribution in [3.63, 3.8) is 0 Å². The van der Waals surface area contributed by atoms with E-state index in [1.807, 2.05) is 0 Å². The molecule has 0 atom stereocenters. The van der Waals surface area contributed by atoms with Crippen LogP contribution in [0.3, 0.4) is 0 Å². The highest BCUT2D eigenvalue weighted by molar-refractivity contribution is 6.36. The first-order chi connectivity index (χ1) is 13.7. The maximum Gasteiger partial charge on any atom is 0.145 e. The zero-order valence-electron chi connectivity index (χ0n) is 15.7. The predicted octanol–water partition coefficient (Wildman–Crippen LogP) is 6.39. The molecule has 1 N–H and O–H groups in total. The second kappa shape index (κ2) is 8.35. The third-order valence-corrected chi connectivity index (χ3v) is 4.74. The van der Waals surface area contributed by atoms with Crippen molar-refractivity contribution in [3.8, 4) is 11.5 Å². The number of hydrogen-bond donors (Lipinski definition) is 1. The van der Waals surface area contributed by atoms with E-state index in [2.05, 4.69) is 9.97 Å². The summed E-state index contributed by atoms with van der Waals surface area (Å²) in [5, 5.41) is 10.5. The van der Waals surface area contributed by atoms with Crippen LogP contribution in [-0.4, -0.2) is 22.2 Å². The lowest BCUT2D eigenvalue weighted by Gasteiger charge is -2.07. The molecule has 0 saturated heterocycles. The van der Waals surface area contributed by atoms with E-state index in [0.717, 1.165) is 5.69 Å². The molecule has 0 aliphatic heterocycles. The number of halogens is 4. The molecule has 8 heteroatoms. The van der Waals surface area contributed by atoms with Crippen molar-refractivity contribution in [3.05, 3.63) is 69.5 Å². The van der Waals surface area contributed by atoms with E-state index < -0.39 is 5.82 Å². The van der Waals surface area contributed by atoms with Crippen molar-refractivity contribution < 1.29 is 18.6 Å².